The first-order valence-electron chi connectivity index (χ1n) is 6.08. The van der Waals surface area contributed by atoms with Crippen molar-refractivity contribution in [1.82, 2.24) is 10.6 Å². The monoisotopic (exact) mass is 334 g/mol. The molecule has 1 aromatic carbocycles. The number of ether oxygens (including phenoxy) is 1. The van der Waals surface area contributed by atoms with Gasteiger partial charge in [0.2, 0.25) is 0 Å². The first-order chi connectivity index (χ1) is 8.74. The smallest absolute Gasteiger partial charge is 0.0587 e. The summed E-state index contributed by atoms with van der Waals surface area (Å²) < 4.78 is 5.89. The minimum absolute atomic E-state index is 0.760. The van der Waals surface area contributed by atoms with E-state index < -0.39 is 0 Å². The van der Waals surface area contributed by atoms with Gasteiger partial charge in [-0.1, -0.05) is 17.7 Å². The van der Waals surface area contributed by atoms with Gasteiger partial charge in [-0.2, -0.15) is 0 Å². The molecule has 0 atom stereocenters. The van der Waals surface area contributed by atoms with Crippen molar-refractivity contribution in [3.8, 4) is 0 Å². The van der Waals surface area contributed by atoms with Gasteiger partial charge in [-0.15, -0.1) is 0 Å². The predicted molar refractivity (Wildman–Crippen MR) is 80.2 cm³/mol. The summed E-state index contributed by atoms with van der Waals surface area (Å²) in [4.78, 5) is 0. The first kappa shape index (κ1) is 15.9. The van der Waals surface area contributed by atoms with Crippen LogP contribution in [0.3, 0.4) is 0 Å². The van der Waals surface area contributed by atoms with Crippen LogP contribution < -0.4 is 10.6 Å². The van der Waals surface area contributed by atoms with Gasteiger partial charge < -0.3 is 15.4 Å². The van der Waals surface area contributed by atoms with Crippen molar-refractivity contribution in [3.05, 3.63) is 33.3 Å². The molecule has 2 N–H and O–H groups in total. The second-order valence-electron chi connectivity index (χ2n) is 4.02. The molecule has 102 valence electrons. The number of halogens is 2. The van der Waals surface area contributed by atoms with E-state index in [1.54, 1.807) is 7.11 Å². The maximum Gasteiger partial charge on any atom is 0.0587 e. The van der Waals surface area contributed by atoms with Crippen LogP contribution in [-0.4, -0.2) is 33.4 Å². The number of hydrogen-bond donors (Lipinski definition) is 2. The maximum absolute atomic E-state index is 6.03. The van der Waals surface area contributed by atoms with Crippen LogP contribution in [-0.2, 0) is 11.3 Å². The van der Waals surface area contributed by atoms with Gasteiger partial charge in [-0.05, 0) is 53.1 Å². The Morgan fingerprint density at radius 3 is 2.72 bits per heavy atom. The fourth-order valence-electron chi connectivity index (χ4n) is 1.52. The molecule has 0 saturated carbocycles. The molecule has 0 aromatic heterocycles. The van der Waals surface area contributed by atoms with Crippen LogP contribution in [0.2, 0.25) is 5.02 Å². The average Bonchev–Trinajstić information content (AvgIpc) is 2.37. The molecule has 0 aliphatic carbocycles. The lowest BCUT2D eigenvalue weighted by Crippen LogP contribution is -2.24. The highest BCUT2D eigenvalue weighted by Gasteiger charge is 1.98. The highest BCUT2D eigenvalue weighted by atomic mass is 79.9. The second-order valence-corrected chi connectivity index (χ2v) is 5.28. The van der Waals surface area contributed by atoms with E-state index in [1.807, 2.05) is 12.1 Å². The van der Waals surface area contributed by atoms with Crippen molar-refractivity contribution in [1.29, 1.82) is 0 Å². The van der Waals surface area contributed by atoms with Gasteiger partial charge in [0.05, 0.1) is 11.6 Å². The van der Waals surface area contributed by atoms with Crippen LogP contribution in [0.5, 0.6) is 0 Å². The standard InChI is InChI=1S/C13H20BrClN2O/c1-18-8-7-16-5-2-6-17-10-11-3-4-12(14)13(15)9-11/h3-4,9,16-17H,2,5-8,10H2,1H3. The third kappa shape index (κ3) is 6.71. The van der Waals surface area contributed by atoms with Gasteiger partial charge in [-0.25, -0.2) is 0 Å². The number of hydrogen-bond acceptors (Lipinski definition) is 3. The molecule has 0 fully saturated rings. The van der Waals surface area contributed by atoms with Gasteiger partial charge in [0.15, 0.2) is 0 Å². The molecule has 0 aliphatic rings. The second kappa shape index (κ2) is 9.75. The lowest BCUT2D eigenvalue weighted by atomic mass is 10.2. The number of rotatable bonds is 9. The molecule has 0 radical (unpaired) electrons. The fraction of sp³-hybridized carbons (Fsp3) is 0.538. The number of methoxy groups -OCH3 is 1. The zero-order chi connectivity index (χ0) is 13.2. The summed E-state index contributed by atoms with van der Waals surface area (Å²) in [5.74, 6) is 0. The van der Waals surface area contributed by atoms with Gasteiger partial charge in [0.1, 0.15) is 0 Å². The van der Waals surface area contributed by atoms with E-state index in [0.717, 1.165) is 48.7 Å². The summed E-state index contributed by atoms with van der Waals surface area (Å²) in [7, 11) is 1.71. The van der Waals surface area contributed by atoms with Crippen LogP contribution in [0, 0.1) is 0 Å². The Morgan fingerprint density at radius 1 is 1.22 bits per heavy atom. The summed E-state index contributed by atoms with van der Waals surface area (Å²) >= 11 is 9.41. The number of benzene rings is 1. The molecule has 0 unspecified atom stereocenters. The fourth-order valence-corrected chi connectivity index (χ4v) is 1.97. The maximum atomic E-state index is 6.03. The summed E-state index contributed by atoms with van der Waals surface area (Å²) in [6.45, 7) is 4.54. The summed E-state index contributed by atoms with van der Waals surface area (Å²) in [5.41, 5.74) is 1.20. The molecule has 1 rings (SSSR count). The van der Waals surface area contributed by atoms with Gasteiger partial charge >= 0.3 is 0 Å². The van der Waals surface area contributed by atoms with Gasteiger partial charge in [-0.3, -0.25) is 0 Å². The zero-order valence-electron chi connectivity index (χ0n) is 10.6. The predicted octanol–water partition coefficient (Wildman–Crippen LogP) is 2.82. The molecule has 5 heteroatoms. The highest BCUT2D eigenvalue weighted by Crippen LogP contribution is 2.22. The number of nitrogens with one attached hydrogen (secondary N) is 2. The van der Waals surface area contributed by atoms with Crippen molar-refractivity contribution < 1.29 is 4.74 Å². The zero-order valence-corrected chi connectivity index (χ0v) is 13.0. The Labute approximate surface area is 122 Å². The third-order valence-corrected chi connectivity index (χ3v) is 3.74. The van der Waals surface area contributed by atoms with Gasteiger partial charge in [0, 0.05) is 24.7 Å². The quantitative estimate of drug-likeness (QED) is 0.681. The molecule has 3 nitrogen and oxygen atoms in total. The minimum Gasteiger partial charge on any atom is -0.383 e. The van der Waals surface area contributed by atoms with E-state index in [4.69, 9.17) is 16.3 Å². The van der Waals surface area contributed by atoms with E-state index in [2.05, 4.69) is 32.6 Å². The Balaban J connectivity index is 2.05. The van der Waals surface area contributed by atoms with Crippen LogP contribution >= 0.6 is 27.5 Å². The van der Waals surface area contributed by atoms with Crippen LogP contribution in [0.25, 0.3) is 0 Å². The van der Waals surface area contributed by atoms with Gasteiger partial charge in [0.25, 0.3) is 0 Å². The summed E-state index contributed by atoms with van der Waals surface area (Å²) in [6.07, 6.45) is 1.11. The molecule has 0 bridgehead atoms. The lowest BCUT2D eigenvalue weighted by Gasteiger charge is -2.07. The van der Waals surface area contributed by atoms with Crippen molar-refractivity contribution in [2.24, 2.45) is 0 Å². The van der Waals surface area contributed by atoms with E-state index in [9.17, 15) is 0 Å². The normalized spacial score (nSPS) is 10.8. The summed E-state index contributed by atoms with van der Waals surface area (Å²) in [5, 5.41) is 7.46. The minimum atomic E-state index is 0.760. The Hall–Kier alpha value is -0.130. The molecule has 0 spiro atoms. The largest absolute Gasteiger partial charge is 0.383 e. The molecule has 0 aliphatic heterocycles. The SMILES string of the molecule is COCCNCCCNCc1ccc(Br)c(Cl)c1. The first-order valence-corrected chi connectivity index (χ1v) is 7.25. The van der Waals surface area contributed by atoms with Crippen molar-refractivity contribution in [3.63, 3.8) is 0 Å². The molecule has 0 amide bonds. The van der Waals surface area contributed by atoms with Crippen molar-refractivity contribution in [2.45, 2.75) is 13.0 Å². The van der Waals surface area contributed by atoms with Crippen molar-refractivity contribution in [2.75, 3.05) is 33.4 Å². The Morgan fingerprint density at radius 2 is 2.00 bits per heavy atom. The van der Waals surface area contributed by atoms with Crippen LogP contribution in [0.1, 0.15) is 12.0 Å². The average molecular weight is 336 g/mol. The molecular formula is C13H20BrClN2O. The third-order valence-electron chi connectivity index (χ3n) is 2.50. The molecule has 18 heavy (non-hydrogen) atoms. The topological polar surface area (TPSA) is 33.3 Å². The molecule has 0 heterocycles. The van der Waals surface area contributed by atoms with E-state index in [0.29, 0.717) is 0 Å². The summed E-state index contributed by atoms with van der Waals surface area (Å²) in [6, 6.07) is 6.03. The van der Waals surface area contributed by atoms with E-state index >= 15 is 0 Å². The van der Waals surface area contributed by atoms with E-state index in [1.165, 1.54) is 5.56 Å². The lowest BCUT2D eigenvalue weighted by molar-refractivity contribution is 0.199. The molecule has 0 saturated heterocycles. The molecular weight excluding hydrogens is 316 g/mol. The van der Waals surface area contributed by atoms with Crippen LogP contribution in [0.4, 0.5) is 0 Å². The van der Waals surface area contributed by atoms with E-state index in [-0.39, 0.29) is 0 Å². The highest BCUT2D eigenvalue weighted by molar-refractivity contribution is 9.10. The Bertz CT molecular complexity index is 350. The Kier molecular flexibility index (Phi) is 8.63. The molecule has 1 aromatic rings. The van der Waals surface area contributed by atoms with Crippen molar-refractivity contribution >= 4 is 27.5 Å². The van der Waals surface area contributed by atoms with Crippen LogP contribution in [0.15, 0.2) is 22.7 Å².